The number of aryl methyl sites for hydroxylation is 2. The molecule has 3 heteroatoms. The minimum atomic E-state index is -0.136. The number of hydrogen-bond acceptors (Lipinski definition) is 2. The number of carbonyl (C=O) groups excluding carboxylic acids is 1. The number of benzene rings is 3. The fourth-order valence-corrected chi connectivity index (χ4v) is 3.04. The number of ether oxygens (including phenoxy) is 1. The van der Waals surface area contributed by atoms with Crippen molar-refractivity contribution in [2.75, 3.05) is 11.9 Å². The monoisotopic (exact) mass is 333 g/mol. The van der Waals surface area contributed by atoms with Crippen LogP contribution >= 0.6 is 0 Å². The Kier molecular flexibility index (Phi) is 5.34. The zero-order valence-corrected chi connectivity index (χ0v) is 14.7. The summed E-state index contributed by atoms with van der Waals surface area (Å²) in [7, 11) is 0. The van der Waals surface area contributed by atoms with E-state index in [0.717, 1.165) is 46.2 Å². The van der Waals surface area contributed by atoms with E-state index in [9.17, 15) is 4.79 Å². The third-order valence-corrected chi connectivity index (χ3v) is 4.37. The van der Waals surface area contributed by atoms with Gasteiger partial charge in [-0.3, -0.25) is 4.79 Å². The number of hydrogen-bond donors (Lipinski definition) is 1. The predicted octanol–water partition coefficient (Wildman–Crippen LogP) is 4.98. The molecule has 1 amide bonds. The Morgan fingerprint density at radius 3 is 2.24 bits per heavy atom. The van der Waals surface area contributed by atoms with Gasteiger partial charge in [-0.05, 0) is 35.4 Å². The molecule has 3 rings (SSSR count). The molecule has 0 heterocycles. The number of anilines is 1. The largest absolute Gasteiger partial charge is 0.483 e. The molecule has 0 spiro atoms. The van der Waals surface area contributed by atoms with Crippen LogP contribution in [-0.2, 0) is 17.6 Å². The molecule has 0 unspecified atom stereocenters. The van der Waals surface area contributed by atoms with Crippen LogP contribution in [0.1, 0.15) is 25.0 Å². The summed E-state index contributed by atoms with van der Waals surface area (Å²) >= 11 is 0. The topological polar surface area (TPSA) is 38.3 Å². The van der Waals surface area contributed by atoms with Crippen molar-refractivity contribution in [3.05, 3.63) is 71.8 Å². The molecule has 0 saturated carbocycles. The fraction of sp³-hybridized carbons (Fsp3) is 0.227. The van der Waals surface area contributed by atoms with E-state index in [1.54, 1.807) is 0 Å². The van der Waals surface area contributed by atoms with E-state index in [1.165, 1.54) is 0 Å². The summed E-state index contributed by atoms with van der Waals surface area (Å²) in [6, 6.07) is 20.0. The molecule has 0 atom stereocenters. The van der Waals surface area contributed by atoms with Crippen molar-refractivity contribution in [1.82, 2.24) is 0 Å². The highest BCUT2D eigenvalue weighted by Crippen LogP contribution is 2.26. The Morgan fingerprint density at radius 1 is 0.880 bits per heavy atom. The standard InChI is InChI=1S/C22H23NO2/c1-3-16-10-7-11-17(4-2)22(16)23-21(24)15-25-20-14-8-12-18-9-5-6-13-19(18)20/h5-14H,3-4,15H2,1-2H3,(H,23,24). The van der Waals surface area contributed by atoms with Crippen molar-refractivity contribution in [2.45, 2.75) is 26.7 Å². The van der Waals surface area contributed by atoms with Crippen LogP contribution in [0, 0.1) is 0 Å². The Hall–Kier alpha value is -2.81. The lowest BCUT2D eigenvalue weighted by molar-refractivity contribution is -0.118. The van der Waals surface area contributed by atoms with E-state index in [4.69, 9.17) is 4.74 Å². The zero-order chi connectivity index (χ0) is 17.6. The fourth-order valence-electron chi connectivity index (χ4n) is 3.04. The summed E-state index contributed by atoms with van der Waals surface area (Å²) < 4.78 is 5.79. The number of para-hydroxylation sites is 1. The van der Waals surface area contributed by atoms with Gasteiger partial charge in [0.15, 0.2) is 6.61 Å². The van der Waals surface area contributed by atoms with Crippen molar-refractivity contribution in [3.63, 3.8) is 0 Å². The van der Waals surface area contributed by atoms with Gasteiger partial charge in [-0.2, -0.15) is 0 Å². The molecule has 25 heavy (non-hydrogen) atoms. The molecule has 0 aliphatic carbocycles. The van der Waals surface area contributed by atoms with Crippen molar-refractivity contribution in [3.8, 4) is 5.75 Å². The lowest BCUT2D eigenvalue weighted by Crippen LogP contribution is -2.21. The molecule has 0 fully saturated rings. The van der Waals surface area contributed by atoms with Gasteiger partial charge in [0, 0.05) is 11.1 Å². The van der Waals surface area contributed by atoms with Crippen molar-refractivity contribution < 1.29 is 9.53 Å². The van der Waals surface area contributed by atoms with Gasteiger partial charge in [0.2, 0.25) is 0 Å². The van der Waals surface area contributed by atoms with Crippen LogP contribution in [0.4, 0.5) is 5.69 Å². The van der Waals surface area contributed by atoms with Gasteiger partial charge in [0.1, 0.15) is 5.75 Å². The molecule has 3 aromatic carbocycles. The average Bonchev–Trinajstić information content (AvgIpc) is 2.66. The van der Waals surface area contributed by atoms with Gasteiger partial charge in [-0.25, -0.2) is 0 Å². The third kappa shape index (κ3) is 3.82. The van der Waals surface area contributed by atoms with Crippen LogP contribution < -0.4 is 10.1 Å². The normalized spacial score (nSPS) is 10.6. The highest BCUT2D eigenvalue weighted by molar-refractivity contribution is 5.94. The van der Waals surface area contributed by atoms with E-state index in [-0.39, 0.29) is 12.5 Å². The maximum atomic E-state index is 12.4. The summed E-state index contributed by atoms with van der Waals surface area (Å²) in [4.78, 5) is 12.4. The second-order valence-electron chi connectivity index (χ2n) is 5.97. The molecule has 0 radical (unpaired) electrons. The lowest BCUT2D eigenvalue weighted by Gasteiger charge is -2.15. The first-order chi connectivity index (χ1) is 12.2. The molecule has 0 aliphatic rings. The van der Waals surface area contributed by atoms with Gasteiger partial charge in [0.05, 0.1) is 0 Å². The van der Waals surface area contributed by atoms with Crippen LogP contribution in [0.25, 0.3) is 10.8 Å². The maximum absolute atomic E-state index is 12.4. The van der Waals surface area contributed by atoms with Crippen LogP contribution in [0.3, 0.4) is 0 Å². The first-order valence-electron chi connectivity index (χ1n) is 8.74. The van der Waals surface area contributed by atoms with Crippen molar-refractivity contribution >= 4 is 22.4 Å². The third-order valence-electron chi connectivity index (χ3n) is 4.37. The Balaban J connectivity index is 1.73. The highest BCUT2D eigenvalue weighted by Gasteiger charge is 2.11. The SMILES string of the molecule is CCc1cccc(CC)c1NC(=O)COc1cccc2ccccc12. The lowest BCUT2D eigenvalue weighted by atomic mass is 10.0. The Morgan fingerprint density at radius 2 is 1.52 bits per heavy atom. The number of carbonyl (C=O) groups is 1. The van der Waals surface area contributed by atoms with E-state index in [1.807, 2.05) is 48.5 Å². The first kappa shape index (κ1) is 17.0. The summed E-state index contributed by atoms with van der Waals surface area (Å²) in [5.74, 6) is 0.594. The minimum Gasteiger partial charge on any atom is -0.483 e. The number of amides is 1. The molecule has 3 nitrogen and oxygen atoms in total. The van der Waals surface area contributed by atoms with E-state index in [2.05, 4.69) is 31.3 Å². The summed E-state index contributed by atoms with van der Waals surface area (Å²) in [6.07, 6.45) is 1.77. The molecule has 0 bridgehead atoms. The smallest absolute Gasteiger partial charge is 0.262 e. The quantitative estimate of drug-likeness (QED) is 0.691. The van der Waals surface area contributed by atoms with Crippen molar-refractivity contribution in [2.24, 2.45) is 0 Å². The second-order valence-corrected chi connectivity index (χ2v) is 5.97. The van der Waals surface area contributed by atoms with Gasteiger partial charge in [0.25, 0.3) is 5.91 Å². The molecule has 128 valence electrons. The summed E-state index contributed by atoms with van der Waals surface area (Å²) in [6.45, 7) is 4.18. The number of rotatable bonds is 6. The van der Waals surface area contributed by atoms with E-state index >= 15 is 0 Å². The minimum absolute atomic E-state index is 0.00475. The molecular weight excluding hydrogens is 310 g/mol. The number of fused-ring (bicyclic) bond motifs is 1. The molecule has 3 aromatic rings. The van der Waals surface area contributed by atoms with E-state index < -0.39 is 0 Å². The Bertz CT molecular complexity index is 859. The maximum Gasteiger partial charge on any atom is 0.262 e. The van der Waals surface area contributed by atoms with Crippen LogP contribution in [-0.4, -0.2) is 12.5 Å². The van der Waals surface area contributed by atoms with Crippen LogP contribution in [0.15, 0.2) is 60.7 Å². The van der Waals surface area contributed by atoms with Gasteiger partial charge in [-0.1, -0.05) is 68.4 Å². The van der Waals surface area contributed by atoms with Crippen LogP contribution in [0.5, 0.6) is 5.75 Å². The average molecular weight is 333 g/mol. The van der Waals surface area contributed by atoms with E-state index in [0.29, 0.717) is 0 Å². The summed E-state index contributed by atoms with van der Waals surface area (Å²) in [5.41, 5.74) is 3.23. The zero-order valence-electron chi connectivity index (χ0n) is 14.7. The van der Waals surface area contributed by atoms with Crippen LogP contribution in [0.2, 0.25) is 0 Å². The Labute approximate surface area is 148 Å². The molecule has 1 N–H and O–H groups in total. The predicted molar refractivity (Wildman–Crippen MR) is 103 cm³/mol. The summed E-state index contributed by atoms with van der Waals surface area (Å²) in [5, 5.41) is 5.15. The molecule has 0 aromatic heterocycles. The molecular formula is C22H23NO2. The molecule has 0 saturated heterocycles. The first-order valence-corrected chi connectivity index (χ1v) is 8.74. The highest BCUT2D eigenvalue weighted by atomic mass is 16.5. The number of nitrogens with one attached hydrogen (secondary N) is 1. The second kappa shape index (κ2) is 7.84. The van der Waals surface area contributed by atoms with Gasteiger partial charge >= 0.3 is 0 Å². The van der Waals surface area contributed by atoms with Crippen molar-refractivity contribution in [1.29, 1.82) is 0 Å². The van der Waals surface area contributed by atoms with Gasteiger partial charge < -0.3 is 10.1 Å². The molecule has 0 aliphatic heterocycles. The van der Waals surface area contributed by atoms with Gasteiger partial charge in [-0.15, -0.1) is 0 Å².